The molecule has 2 N–H and O–H groups in total. The molecule has 0 bridgehead atoms. The second kappa shape index (κ2) is 10.5. The molecule has 2 aromatic heterocycles. The standard InChI is InChI=1S/C21H25ClN4O5S2/c1-30-21(13(27)11-31-18-6-5-15(22)33-18)26-8-7-25(17(28)10-26)9-16-24-19-12(20(23)29)3-2-4-14(19)32-16/h5-6,12,21H,2-4,7-11H2,1H3,(H2,23,29)/t12?,21-/m0/s1. The summed E-state index contributed by atoms with van der Waals surface area (Å²) < 4.78 is 11.5. The van der Waals surface area contributed by atoms with E-state index in [1.807, 2.05) is 0 Å². The van der Waals surface area contributed by atoms with Crippen molar-refractivity contribution in [3.05, 3.63) is 32.0 Å². The molecule has 0 saturated carbocycles. The minimum absolute atomic E-state index is 0.0596. The van der Waals surface area contributed by atoms with Crippen molar-refractivity contribution in [3.8, 4) is 5.06 Å². The van der Waals surface area contributed by atoms with Gasteiger partial charge in [0.2, 0.25) is 17.6 Å². The lowest BCUT2D eigenvalue weighted by Gasteiger charge is -2.37. The number of methoxy groups -OCH3 is 1. The summed E-state index contributed by atoms with van der Waals surface area (Å²) in [7, 11) is 1.44. The van der Waals surface area contributed by atoms with E-state index in [1.54, 1.807) is 33.3 Å². The minimum atomic E-state index is -0.866. The summed E-state index contributed by atoms with van der Waals surface area (Å²) in [6.07, 6.45) is 1.65. The molecule has 3 heterocycles. The zero-order valence-electron chi connectivity index (χ0n) is 18.1. The summed E-state index contributed by atoms with van der Waals surface area (Å²) in [5, 5.41) is 1.35. The van der Waals surface area contributed by atoms with Crippen LogP contribution in [0.15, 0.2) is 12.1 Å². The summed E-state index contributed by atoms with van der Waals surface area (Å²) in [5.74, 6) is -1.07. The Hall–Kier alpha value is -2.05. The molecule has 2 aromatic rings. The molecule has 9 nitrogen and oxygen atoms in total. The second-order valence-corrected chi connectivity index (χ2v) is 10.8. The Labute approximate surface area is 204 Å². The van der Waals surface area contributed by atoms with E-state index in [9.17, 15) is 14.4 Å². The number of hydrogen-bond donors (Lipinski definition) is 1. The maximum atomic E-state index is 12.8. The number of thiazole rings is 1. The largest absolute Gasteiger partial charge is 0.476 e. The molecular formula is C21H25ClN4O5S2. The lowest BCUT2D eigenvalue weighted by Crippen LogP contribution is -2.56. The van der Waals surface area contributed by atoms with Gasteiger partial charge >= 0.3 is 0 Å². The van der Waals surface area contributed by atoms with Crippen LogP contribution < -0.4 is 10.5 Å². The highest BCUT2D eigenvalue weighted by Crippen LogP contribution is 2.35. The van der Waals surface area contributed by atoms with Gasteiger partial charge in [-0.15, -0.1) is 11.3 Å². The van der Waals surface area contributed by atoms with Crippen LogP contribution in [0.3, 0.4) is 0 Å². The summed E-state index contributed by atoms with van der Waals surface area (Å²) in [6.45, 7) is 1.19. The molecule has 33 heavy (non-hydrogen) atoms. The number of ketones is 1. The van der Waals surface area contributed by atoms with Crippen molar-refractivity contribution in [1.82, 2.24) is 14.8 Å². The van der Waals surface area contributed by atoms with Crippen LogP contribution in [-0.2, 0) is 32.1 Å². The normalized spacial score (nSPS) is 19.9. The number of piperazine rings is 1. The molecule has 1 aliphatic heterocycles. The predicted octanol–water partition coefficient (Wildman–Crippen LogP) is 2.03. The van der Waals surface area contributed by atoms with Crippen LogP contribution in [0.1, 0.15) is 34.3 Å². The number of carbonyl (C=O) groups is 3. The number of hydrogen-bond acceptors (Lipinski definition) is 9. The van der Waals surface area contributed by atoms with Crippen LogP contribution >= 0.6 is 34.3 Å². The number of Topliss-reactive ketones (excluding diaryl/α,β-unsaturated/α-hetero) is 1. The van der Waals surface area contributed by atoms with Gasteiger partial charge in [-0.2, -0.15) is 0 Å². The Morgan fingerprint density at radius 3 is 2.82 bits per heavy atom. The smallest absolute Gasteiger partial charge is 0.237 e. The predicted molar refractivity (Wildman–Crippen MR) is 125 cm³/mol. The van der Waals surface area contributed by atoms with E-state index in [-0.39, 0.29) is 36.7 Å². The average molecular weight is 513 g/mol. The average Bonchev–Trinajstić information content (AvgIpc) is 3.39. The number of rotatable bonds is 9. The number of halogens is 1. The van der Waals surface area contributed by atoms with Gasteiger partial charge in [0.1, 0.15) is 5.01 Å². The highest BCUT2D eigenvalue weighted by Gasteiger charge is 2.34. The van der Waals surface area contributed by atoms with E-state index < -0.39 is 6.23 Å². The molecule has 12 heteroatoms. The van der Waals surface area contributed by atoms with Gasteiger partial charge in [0.25, 0.3) is 0 Å². The summed E-state index contributed by atoms with van der Waals surface area (Å²) >= 11 is 8.67. The number of fused-ring (bicyclic) bond motifs is 1. The third kappa shape index (κ3) is 5.55. The zero-order valence-corrected chi connectivity index (χ0v) is 20.5. The monoisotopic (exact) mass is 512 g/mol. The fourth-order valence-corrected chi connectivity index (χ4v) is 6.20. The Morgan fingerprint density at radius 1 is 1.33 bits per heavy atom. The van der Waals surface area contributed by atoms with Crippen LogP contribution in [0.2, 0.25) is 4.34 Å². The Balaban J connectivity index is 1.34. The number of primary amides is 1. The molecule has 2 aliphatic rings. The van der Waals surface area contributed by atoms with Crippen molar-refractivity contribution < 1.29 is 23.9 Å². The molecular weight excluding hydrogens is 488 g/mol. The number of ether oxygens (including phenoxy) is 2. The van der Waals surface area contributed by atoms with E-state index in [4.69, 9.17) is 26.8 Å². The van der Waals surface area contributed by atoms with Gasteiger partial charge in [-0.1, -0.05) is 22.9 Å². The molecule has 0 spiro atoms. The Kier molecular flexibility index (Phi) is 7.65. The number of amides is 2. The number of carbonyl (C=O) groups excluding carboxylic acids is 3. The van der Waals surface area contributed by atoms with Gasteiger partial charge in [-0.3, -0.25) is 19.3 Å². The first-order chi connectivity index (χ1) is 15.9. The second-order valence-electron chi connectivity index (χ2n) is 7.95. The van der Waals surface area contributed by atoms with Crippen molar-refractivity contribution in [1.29, 1.82) is 0 Å². The SMILES string of the molecule is CO[C@@H](C(=O)COc1ccc(Cl)s1)N1CCN(Cc2nc3c(s2)CCCC3C(N)=O)C(=O)C1. The first-order valence-corrected chi connectivity index (χ1v) is 12.6. The lowest BCUT2D eigenvalue weighted by atomic mass is 9.90. The number of nitrogens with zero attached hydrogens (tertiary/aromatic N) is 3. The highest BCUT2D eigenvalue weighted by atomic mass is 35.5. The summed E-state index contributed by atoms with van der Waals surface area (Å²) in [5.41, 5.74) is 6.31. The van der Waals surface area contributed by atoms with Gasteiger partial charge < -0.3 is 20.1 Å². The maximum absolute atomic E-state index is 12.8. The van der Waals surface area contributed by atoms with Crippen molar-refractivity contribution in [3.63, 3.8) is 0 Å². The molecule has 0 radical (unpaired) electrons. The Morgan fingerprint density at radius 2 is 2.15 bits per heavy atom. The van der Waals surface area contributed by atoms with Crippen molar-refractivity contribution in [2.24, 2.45) is 5.73 Å². The van der Waals surface area contributed by atoms with Gasteiger partial charge in [0.15, 0.2) is 17.9 Å². The van der Waals surface area contributed by atoms with E-state index in [1.165, 1.54) is 18.4 Å². The van der Waals surface area contributed by atoms with Crippen LogP contribution in [-0.4, -0.2) is 72.0 Å². The van der Waals surface area contributed by atoms with Crippen LogP contribution in [0, 0.1) is 0 Å². The van der Waals surface area contributed by atoms with E-state index in [0.717, 1.165) is 34.8 Å². The third-order valence-corrected chi connectivity index (χ3v) is 8.01. The van der Waals surface area contributed by atoms with Crippen molar-refractivity contribution in [2.45, 2.75) is 38.0 Å². The molecule has 0 aromatic carbocycles. The maximum Gasteiger partial charge on any atom is 0.237 e. The molecule has 1 unspecified atom stereocenters. The van der Waals surface area contributed by atoms with Gasteiger partial charge in [0, 0.05) is 25.1 Å². The van der Waals surface area contributed by atoms with Crippen molar-refractivity contribution in [2.75, 3.05) is 33.4 Å². The topological polar surface area (TPSA) is 115 Å². The van der Waals surface area contributed by atoms with E-state index in [0.29, 0.717) is 29.0 Å². The quantitative estimate of drug-likeness (QED) is 0.546. The number of thiophene rings is 1. The van der Waals surface area contributed by atoms with E-state index >= 15 is 0 Å². The molecule has 1 aliphatic carbocycles. The first-order valence-electron chi connectivity index (χ1n) is 10.6. The number of nitrogens with two attached hydrogens (primary N) is 1. The molecule has 4 rings (SSSR count). The molecule has 178 valence electrons. The van der Waals surface area contributed by atoms with Crippen LogP contribution in [0.4, 0.5) is 0 Å². The minimum Gasteiger partial charge on any atom is -0.476 e. The fraction of sp³-hybridized carbons (Fsp3) is 0.524. The van der Waals surface area contributed by atoms with Gasteiger partial charge in [-0.05, 0) is 31.4 Å². The van der Waals surface area contributed by atoms with Crippen LogP contribution in [0.5, 0.6) is 5.06 Å². The number of aryl methyl sites for hydroxylation is 1. The van der Waals surface area contributed by atoms with Gasteiger partial charge in [-0.25, -0.2) is 4.98 Å². The van der Waals surface area contributed by atoms with Crippen LogP contribution in [0.25, 0.3) is 0 Å². The molecule has 1 saturated heterocycles. The summed E-state index contributed by atoms with van der Waals surface area (Å²) in [6, 6.07) is 3.40. The molecule has 1 fully saturated rings. The Bertz CT molecular complexity index is 1040. The fourth-order valence-electron chi connectivity index (χ4n) is 4.14. The third-order valence-electron chi connectivity index (χ3n) is 5.75. The van der Waals surface area contributed by atoms with Crippen molar-refractivity contribution >= 4 is 51.9 Å². The summed E-state index contributed by atoms with van der Waals surface area (Å²) in [4.78, 5) is 46.4. The highest BCUT2D eigenvalue weighted by molar-refractivity contribution is 7.17. The first kappa shape index (κ1) is 24.1. The van der Waals surface area contributed by atoms with Gasteiger partial charge in [0.05, 0.1) is 29.0 Å². The molecule has 2 atom stereocenters. The van der Waals surface area contributed by atoms with E-state index in [2.05, 4.69) is 4.98 Å². The zero-order chi connectivity index (χ0) is 23.5. The number of aromatic nitrogens is 1. The molecule has 2 amide bonds. The lowest BCUT2D eigenvalue weighted by molar-refractivity contribution is -0.153.